The van der Waals surface area contributed by atoms with Crippen molar-refractivity contribution in [3.8, 4) is 0 Å². The summed E-state index contributed by atoms with van der Waals surface area (Å²) >= 11 is 0. The molecule has 0 aliphatic rings. The highest BCUT2D eigenvalue weighted by Crippen LogP contribution is 2.10. The summed E-state index contributed by atoms with van der Waals surface area (Å²) in [6, 6.07) is 6.43. The number of rotatable bonds is 8. The molecule has 1 rings (SSSR count). The topological polar surface area (TPSA) is 140 Å². The standard InChI is InChI=1S/C12H14N2O4.C4H10N2O.3C2H6/c1-9(16)18-7-10-2-4-11(5-3-10)14-12(17)6-13-8-15;1-2-3-6-4(5)7;3*1-2/h2-5,8H,6-7H2,1H3,(H,13,15)(H,14,17);2-3H2,1H3,(H3,5,6,7);3*1-2H3. The van der Waals surface area contributed by atoms with Gasteiger partial charge in [-0.05, 0) is 24.1 Å². The van der Waals surface area contributed by atoms with Crippen molar-refractivity contribution in [2.24, 2.45) is 5.73 Å². The Labute approximate surface area is 187 Å². The molecule has 1 aromatic carbocycles. The molecule has 1 aromatic rings. The van der Waals surface area contributed by atoms with Crippen LogP contribution in [0.4, 0.5) is 10.5 Å². The van der Waals surface area contributed by atoms with E-state index in [1.54, 1.807) is 24.3 Å². The van der Waals surface area contributed by atoms with Crippen LogP contribution in [0.3, 0.4) is 0 Å². The Kier molecular flexibility index (Phi) is 33.2. The SMILES string of the molecule is CC.CC.CC.CC(=O)OCc1ccc(NC(=O)CNC=O)cc1.CCCNC(N)=O. The number of hydrogen-bond acceptors (Lipinski definition) is 5. The molecule has 0 aromatic heterocycles. The average Bonchev–Trinajstić information content (AvgIpc) is 2.80. The number of carbonyl (C=O) groups excluding carboxylic acids is 4. The van der Waals surface area contributed by atoms with Gasteiger partial charge in [-0.1, -0.05) is 60.6 Å². The summed E-state index contributed by atoms with van der Waals surface area (Å²) in [4.78, 5) is 41.8. The molecule has 180 valence electrons. The van der Waals surface area contributed by atoms with Gasteiger partial charge in [0.1, 0.15) is 6.61 Å². The number of amides is 4. The van der Waals surface area contributed by atoms with Crippen LogP contribution in [-0.4, -0.2) is 37.4 Å². The summed E-state index contributed by atoms with van der Waals surface area (Å²) < 4.78 is 4.83. The van der Waals surface area contributed by atoms with Crippen LogP contribution in [-0.2, 0) is 25.7 Å². The molecule has 0 spiro atoms. The lowest BCUT2D eigenvalue weighted by Crippen LogP contribution is -2.29. The Bertz CT molecular complexity index is 564. The van der Waals surface area contributed by atoms with Crippen molar-refractivity contribution >= 4 is 30.0 Å². The number of esters is 1. The number of ether oxygens (including phenoxy) is 1. The van der Waals surface area contributed by atoms with E-state index in [0.29, 0.717) is 18.6 Å². The van der Waals surface area contributed by atoms with Gasteiger partial charge in [0.2, 0.25) is 12.3 Å². The first-order valence-corrected chi connectivity index (χ1v) is 10.6. The summed E-state index contributed by atoms with van der Waals surface area (Å²) in [6.45, 7) is 16.1. The van der Waals surface area contributed by atoms with E-state index in [2.05, 4.69) is 16.0 Å². The lowest BCUT2D eigenvalue weighted by molar-refractivity contribution is -0.142. The van der Waals surface area contributed by atoms with E-state index in [-0.39, 0.29) is 25.0 Å². The second-order valence-corrected chi connectivity index (χ2v) is 4.82. The molecular formula is C22H42N4O5. The molecule has 5 N–H and O–H groups in total. The molecule has 4 amide bonds. The molecule has 0 bridgehead atoms. The Morgan fingerprint density at radius 2 is 1.52 bits per heavy atom. The highest BCUT2D eigenvalue weighted by Gasteiger charge is 2.01. The first kappa shape index (κ1) is 35.3. The number of urea groups is 1. The van der Waals surface area contributed by atoms with Crippen molar-refractivity contribution < 1.29 is 23.9 Å². The molecule has 0 atom stereocenters. The van der Waals surface area contributed by atoms with Crippen molar-refractivity contribution in [1.82, 2.24) is 10.6 Å². The maximum Gasteiger partial charge on any atom is 0.312 e. The fourth-order valence-electron chi connectivity index (χ4n) is 1.46. The molecule has 0 saturated carbocycles. The van der Waals surface area contributed by atoms with Gasteiger partial charge < -0.3 is 26.4 Å². The Balaban J connectivity index is -0.000000235. The third kappa shape index (κ3) is 29.2. The third-order valence-electron chi connectivity index (χ3n) is 2.57. The second kappa shape index (κ2) is 29.1. The molecule has 31 heavy (non-hydrogen) atoms. The van der Waals surface area contributed by atoms with Gasteiger partial charge in [-0.2, -0.15) is 0 Å². The lowest BCUT2D eigenvalue weighted by atomic mass is 10.2. The van der Waals surface area contributed by atoms with Crippen LogP contribution < -0.4 is 21.7 Å². The number of carbonyl (C=O) groups is 4. The van der Waals surface area contributed by atoms with E-state index >= 15 is 0 Å². The van der Waals surface area contributed by atoms with E-state index in [9.17, 15) is 19.2 Å². The van der Waals surface area contributed by atoms with Crippen molar-refractivity contribution in [3.05, 3.63) is 29.8 Å². The molecule has 0 radical (unpaired) electrons. The summed E-state index contributed by atoms with van der Waals surface area (Å²) in [5.74, 6) is -0.651. The summed E-state index contributed by atoms with van der Waals surface area (Å²) in [7, 11) is 0. The fraction of sp³-hybridized carbons (Fsp3) is 0.545. The van der Waals surface area contributed by atoms with E-state index < -0.39 is 6.03 Å². The van der Waals surface area contributed by atoms with Crippen molar-refractivity contribution in [2.75, 3.05) is 18.4 Å². The van der Waals surface area contributed by atoms with Crippen molar-refractivity contribution in [1.29, 1.82) is 0 Å². The van der Waals surface area contributed by atoms with Gasteiger partial charge in [0, 0.05) is 19.2 Å². The van der Waals surface area contributed by atoms with E-state index in [0.717, 1.165) is 12.0 Å². The highest BCUT2D eigenvalue weighted by atomic mass is 16.5. The Morgan fingerprint density at radius 1 is 1.00 bits per heavy atom. The summed E-state index contributed by atoms with van der Waals surface area (Å²) in [5.41, 5.74) is 6.17. The zero-order valence-corrected chi connectivity index (χ0v) is 20.3. The minimum absolute atomic E-state index is 0.0707. The highest BCUT2D eigenvalue weighted by molar-refractivity contribution is 5.93. The number of hydrogen-bond donors (Lipinski definition) is 4. The first-order valence-electron chi connectivity index (χ1n) is 10.6. The average molecular weight is 443 g/mol. The van der Waals surface area contributed by atoms with E-state index in [4.69, 9.17) is 10.5 Å². The van der Waals surface area contributed by atoms with Crippen molar-refractivity contribution in [2.45, 2.75) is 68.4 Å². The predicted molar refractivity (Wildman–Crippen MR) is 127 cm³/mol. The predicted octanol–water partition coefficient (Wildman–Crippen LogP) is 3.58. The van der Waals surface area contributed by atoms with Crippen LogP contribution in [0.1, 0.15) is 67.4 Å². The number of nitrogens with one attached hydrogen (secondary N) is 3. The monoisotopic (exact) mass is 442 g/mol. The largest absolute Gasteiger partial charge is 0.461 e. The summed E-state index contributed by atoms with van der Waals surface area (Å²) in [6.07, 6.45) is 1.39. The van der Waals surface area contributed by atoms with Crippen LogP contribution in [0.15, 0.2) is 24.3 Å². The molecular weight excluding hydrogens is 400 g/mol. The van der Waals surface area contributed by atoms with Crippen molar-refractivity contribution in [3.63, 3.8) is 0 Å². The molecule has 9 nitrogen and oxygen atoms in total. The molecule has 0 fully saturated rings. The van der Waals surface area contributed by atoms with Crippen LogP contribution in [0.5, 0.6) is 0 Å². The molecule has 0 aliphatic heterocycles. The van der Waals surface area contributed by atoms with Gasteiger partial charge in [0.15, 0.2) is 0 Å². The zero-order chi connectivity index (χ0) is 25.1. The van der Waals surface area contributed by atoms with Crippen LogP contribution in [0, 0.1) is 0 Å². The number of primary amides is 1. The number of benzene rings is 1. The minimum Gasteiger partial charge on any atom is -0.461 e. The molecule has 0 aliphatic carbocycles. The number of nitrogens with two attached hydrogens (primary N) is 1. The molecule has 0 heterocycles. The summed E-state index contributed by atoms with van der Waals surface area (Å²) in [5, 5.41) is 7.30. The normalized spacial score (nSPS) is 7.87. The maximum atomic E-state index is 11.3. The van der Waals surface area contributed by atoms with Crippen LogP contribution >= 0.6 is 0 Å². The minimum atomic E-state index is -0.443. The van der Waals surface area contributed by atoms with Crippen LogP contribution in [0.25, 0.3) is 0 Å². The molecule has 0 saturated heterocycles. The fourth-order valence-corrected chi connectivity index (χ4v) is 1.46. The third-order valence-corrected chi connectivity index (χ3v) is 2.57. The van der Waals surface area contributed by atoms with Gasteiger partial charge >= 0.3 is 12.0 Å². The van der Waals surface area contributed by atoms with Gasteiger partial charge in [0.05, 0.1) is 6.54 Å². The molecule has 0 unspecified atom stereocenters. The Hall–Kier alpha value is -3.10. The second-order valence-electron chi connectivity index (χ2n) is 4.82. The van der Waals surface area contributed by atoms with Gasteiger partial charge in [-0.3, -0.25) is 14.4 Å². The van der Waals surface area contributed by atoms with Gasteiger partial charge in [0.25, 0.3) is 0 Å². The quantitative estimate of drug-likeness (QED) is 0.360. The van der Waals surface area contributed by atoms with Gasteiger partial charge in [-0.15, -0.1) is 0 Å². The van der Waals surface area contributed by atoms with Crippen LogP contribution in [0.2, 0.25) is 0 Å². The smallest absolute Gasteiger partial charge is 0.312 e. The maximum absolute atomic E-state index is 11.3. The first-order chi connectivity index (χ1) is 14.9. The Morgan fingerprint density at radius 3 is 1.87 bits per heavy atom. The molecule has 9 heteroatoms. The van der Waals surface area contributed by atoms with E-state index in [1.807, 2.05) is 48.5 Å². The number of anilines is 1. The zero-order valence-electron chi connectivity index (χ0n) is 20.3. The van der Waals surface area contributed by atoms with Gasteiger partial charge in [-0.25, -0.2) is 4.79 Å². The lowest BCUT2D eigenvalue weighted by Gasteiger charge is -2.06. The van der Waals surface area contributed by atoms with E-state index in [1.165, 1.54) is 6.92 Å².